The summed E-state index contributed by atoms with van der Waals surface area (Å²) in [7, 11) is 0. The molecule has 0 fully saturated rings. The fourth-order valence-corrected chi connectivity index (χ4v) is 4.09. The summed E-state index contributed by atoms with van der Waals surface area (Å²) >= 11 is 0. The van der Waals surface area contributed by atoms with E-state index in [9.17, 15) is 0 Å². The van der Waals surface area contributed by atoms with Crippen LogP contribution in [0, 0.1) is 6.92 Å². The molecule has 5 rings (SSSR count). The second-order valence-electron chi connectivity index (χ2n) is 7.93. The standard InChI is InChI=1S/C23H20O2/c1-13-9-10-15-17-12-19-16(14-7-5-6-8-18(14)24-19)11-20(17)25-22(15)21(13)23(2,3)4/h5-12H,1-4H3. The van der Waals surface area contributed by atoms with Gasteiger partial charge in [-0.2, -0.15) is 0 Å². The van der Waals surface area contributed by atoms with Crippen molar-refractivity contribution in [1.82, 2.24) is 0 Å². The average molecular weight is 328 g/mol. The van der Waals surface area contributed by atoms with Gasteiger partial charge >= 0.3 is 0 Å². The summed E-state index contributed by atoms with van der Waals surface area (Å²) in [5.41, 5.74) is 6.33. The van der Waals surface area contributed by atoms with Gasteiger partial charge in [0.2, 0.25) is 0 Å². The Labute approximate surface area is 146 Å². The van der Waals surface area contributed by atoms with E-state index in [4.69, 9.17) is 8.83 Å². The molecular formula is C23H20O2. The molecule has 2 heterocycles. The lowest BCUT2D eigenvalue weighted by molar-refractivity contribution is 0.569. The Kier molecular flexibility index (Phi) is 2.72. The second kappa shape index (κ2) is 4.66. The zero-order valence-corrected chi connectivity index (χ0v) is 14.9. The summed E-state index contributed by atoms with van der Waals surface area (Å²) < 4.78 is 12.4. The van der Waals surface area contributed by atoms with Crippen LogP contribution < -0.4 is 0 Å². The second-order valence-corrected chi connectivity index (χ2v) is 7.93. The van der Waals surface area contributed by atoms with Crippen LogP contribution in [0.25, 0.3) is 43.9 Å². The highest BCUT2D eigenvalue weighted by atomic mass is 16.3. The van der Waals surface area contributed by atoms with E-state index in [1.165, 1.54) is 11.1 Å². The SMILES string of the molecule is Cc1ccc2c(oc3cc4c(cc32)oc2ccccc24)c1C(C)(C)C. The monoisotopic (exact) mass is 328 g/mol. The van der Waals surface area contributed by atoms with E-state index in [1.807, 2.05) is 18.2 Å². The molecule has 0 radical (unpaired) electrons. The van der Waals surface area contributed by atoms with Gasteiger partial charge in [-0.15, -0.1) is 0 Å². The molecule has 0 amide bonds. The van der Waals surface area contributed by atoms with Crippen LogP contribution in [-0.4, -0.2) is 0 Å². The van der Waals surface area contributed by atoms with Crippen molar-refractivity contribution in [2.45, 2.75) is 33.1 Å². The third-order valence-corrected chi connectivity index (χ3v) is 5.10. The molecule has 0 N–H and O–H groups in total. The fourth-order valence-electron chi connectivity index (χ4n) is 4.09. The Bertz CT molecular complexity index is 1280. The highest BCUT2D eigenvalue weighted by molar-refractivity contribution is 6.15. The van der Waals surface area contributed by atoms with Crippen molar-refractivity contribution in [3.63, 3.8) is 0 Å². The number of benzene rings is 3. The highest BCUT2D eigenvalue weighted by Gasteiger charge is 2.23. The fraction of sp³-hybridized carbons (Fsp3) is 0.217. The van der Waals surface area contributed by atoms with E-state index in [0.717, 1.165) is 43.9 Å². The van der Waals surface area contributed by atoms with Gasteiger partial charge in [-0.05, 0) is 36.1 Å². The van der Waals surface area contributed by atoms with Crippen molar-refractivity contribution in [2.24, 2.45) is 0 Å². The van der Waals surface area contributed by atoms with Crippen LogP contribution in [-0.2, 0) is 5.41 Å². The molecule has 2 aromatic heterocycles. The average Bonchev–Trinajstić information content (AvgIpc) is 3.08. The first-order valence-corrected chi connectivity index (χ1v) is 8.71. The van der Waals surface area contributed by atoms with Gasteiger partial charge in [-0.25, -0.2) is 0 Å². The topological polar surface area (TPSA) is 26.3 Å². The normalized spacial score (nSPS) is 12.8. The molecule has 124 valence electrons. The Morgan fingerprint density at radius 1 is 0.680 bits per heavy atom. The molecule has 0 unspecified atom stereocenters. The Morgan fingerprint density at radius 3 is 2.12 bits per heavy atom. The molecule has 5 aromatic rings. The Morgan fingerprint density at radius 2 is 1.36 bits per heavy atom. The number of rotatable bonds is 0. The van der Waals surface area contributed by atoms with E-state index >= 15 is 0 Å². The van der Waals surface area contributed by atoms with Gasteiger partial charge in [-0.1, -0.05) is 51.1 Å². The summed E-state index contributed by atoms with van der Waals surface area (Å²) in [5.74, 6) is 0. The summed E-state index contributed by atoms with van der Waals surface area (Å²) in [6, 6.07) is 16.8. The van der Waals surface area contributed by atoms with E-state index in [1.54, 1.807) is 0 Å². The third kappa shape index (κ3) is 1.97. The Hall–Kier alpha value is -2.74. The molecule has 2 heteroatoms. The molecule has 0 saturated heterocycles. The summed E-state index contributed by atoms with van der Waals surface area (Å²) in [5, 5.41) is 4.52. The van der Waals surface area contributed by atoms with Crippen molar-refractivity contribution in [3.05, 3.63) is 59.7 Å². The molecule has 0 atom stereocenters. The van der Waals surface area contributed by atoms with Crippen LogP contribution in [0.3, 0.4) is 0 Å². The van der Waals surface area contributed by atoms with E-state index < -0.39 is 0 Å². The van der Waals surface area contributed by atoms with Gasteiger partial charge in [-0.3, -0.25) is 0 Å². The molecule has 0 aliphatic rings. The van der Waals surface area contributed by atoms with Crippen LogP contribution in [0.2, 0.25) is 0 Å². The van der Waals surface area contributed by atoms with Crippen molar-refractivity contribution in [3.8, 4) is 0 Å². The van der Waals surface area contributed by atoms with Crippen LogP contribution in [0.5, 0.6) is 0 Å². The maximum atomic E-state index is 6.38. The van der Waals surface area contributed by atoms with Crippen molar-refractivity contribution < 1.29 is 8.83 Å². The molecule has 0 aliphatic carbocycles. The molecular weight excluding hydrogens is 308 g/mol. The first kappa shape index (κ1) is 14.6. The van der Waals surface area contributed by atoms with Crippen LogP contribution >= 0.6 is 0 Å². The van der Waals surface area contributed by atoms with Gasteiger partial charge in [0.05, 0.1) is 0 Å². The lowest BCUT2D eigenvalue weighted by atomic mass is 9.83. The van der Waals surface area contributed by atoms with E-state index in [0.29, 0.717) is 0 Å². The van der Waals surface area contributed by atoms with Crippen molar-refractivity contribution in [1.29, 1.82) is 0 Å². The number of para-hydroxylation sites is 1. The first-order chi connectivity index (χ1) is 11.9. The summed E-state index contributed by atoms with van der Waals surface area (Å²) in [6.07, 6.45) is 0. The maximum Gasteiger partial charge on any atom is 0.139 e. The molecule has 0 saturated carbocycles. The van der Waals surface area contributed by atoms with Crippen LogP contribution in [0.15, 0.2) is 57.4 Å². The zero-order chi connectivity index (χ0) is 17.3. The lowest BCUT2D eigenvalue weighted by Crippen LogP contribution is -2.13. The van der Waals surface area contributed by atoms with Gasteiger partial charge in [0.15, 0.2) is 0 Å². The largest absolute Gasteiger partial charge is 0.456 e. The molecule has 0 bridgehead atoms. The zero-order valence-electron chi connectivity index (χ0n) is 14.9. The molecule has 2 nitrogen and oxygen atoms in total. The Balaban J connectivity index is 1.95. The molecule has 3 aromatic carbocycles. The minimum Gasteiger partial charge on any atom is -0.456 e. The lowest BCUT2D eigenvalue weighted by Gasteiger charge is -2.21. The van der Waals surface area contributed by atoms with E-state index in [-0.39, 0.29) is 5.41 Å². The van der Waals surface area contributed by atoms with Gasteiger partial charge < -0.3 is 8.83 Å². The smallest absolute Gasteiger partial charge is 0.139 e. The van der Waals surface area contributed by atoms with Crippen molar-refractivity contribution in [2.75, 3.05) is 0 Å². The quantitative estimate of drug-likeness (QED) is 0.303. The summed E-state index contributed by atoms with van der Waals surface area (Å²) in [6.45, 7) is 8.87. The highest BCUT2D eigenvalue weighted by Crippen LogP contribution is 2.40. The number of hydrogen-bond donors (Lipinski definition) is 0. The molecule has 25 heavy (non-hydrogen) atoms. The number of furan rings is 2. The molecule has 0 spiro atoms. The van der Waals surface area contributed by atoms with E-state index in [2.05, 4.69) is 58.0 Å². The van der Waals surface area contributed by atoms with Gasteiger partial charge in [0.1, 0.15) is 22.3 Å². The van der Waals surface area contributed by atoms with Gasteiger partial charge in [0.25, 0.3) is 0 Å². The van der Waals surface area contributed by atoms with Gasteiger partial charge in [0, 0.05) is 27.1 Å². The summed E-state index contributed by atoms with van der Waals surface area (Å²) in [4.78, 5) is 0. The minimum atomic E-state index is 0.0310. The minimum absolute atomic E-state index is 0.0310. The third-order valence-electron chi connectivity index (χ3n) is 5.10. The van der Waals surface area contributed by atoms with Crippen LogP contribution in [0.4, 0.5) is 0 Å². The number of aryl methyl sites for hydroxylation is 1. The maximum absolute atomic E-state index is 6.38. The predicted molar refractivity (Wildman–Crippen MR) is 104 cm³/mol. The van der Waals surface area contributed by atoms with Crippen molar-refractivity contribution >= 4 is 43.9 Å². The molecule has 0 aliphatic heterocycles. The predicted octanol–water partition coefficient (Wildman–Crippen LogP) is 7.09. The van der Waals surface area contributed by atoms with Crippen LogP contribution in [0.1, 0.15) is 31.9 Å². The number of fused-ring (bicyclic) bond motifs is 6. The first-order valence-electron chi connectivity index (χ1n) is 8.71. The number of hydrogen-bond acceptors (Lipinski definition) is 2.